The molecule has 0 spiro atoms. The predicted octanol–water partition coefficient (Wildman–Crippen LogP) is 4.88. The molecular weight excluding hydrogens is 340 g/mol. The molecule has 5 heteroatoms. The lowest BCUT2D eigenvalue weighted by atomic mass is 10.0. The summed E-state index contributed by atoms with van der Waals surface area (Å²) < 4.78 is 6.39. The zero-order chi connectivity index (χ0) is 19.4. The van der Waals surface area contributed by atoms with Crippen molar-refractivity contribution in [1.82, 2.24) is 10.3 Å². The molecule has 0 radical (unpaired) electrons. The Morgan fingerprint density at radius 2 is 1.92 bits per heavy atom. The average molecular weight is 371 g/mol. The zero-order valence-corrected chi connectivity index (χ0v) is 17.7. The van der Waals surface area contributed by atoms with Gasteiger partial charge in [0.05, 0.1) is 12.6 Å². The number of nitrogens with zero attached hydrogens (tertiary/aromatic N) is 1. The molecule has 1 aromatic heterocycles. The summed E-state index contributed by atoms with van der Waals surface area (Å²) in [5, 5.41) is 3.22. The summed E-state index contributed by atoms with van der Waals surface area (Å²) in [5.74, 6) is -0.184. The Morgan fingerprint density at radius 1 is 1.19 bits per heavy atom. The Balaban J connectivity index is 2.21. The van der Waals surface area contributed by atoms with Gasteiger partial charge in [-0.15, -0.1) is 0 Å². The van der Waals surface area contributed by atoms with E-state index in [2.05, 4.69) is 63.2 Å². The number of carbonyl (C=O) groups excluding carboxylic acids is 1. The molecule has 140 valence electrons. The van der Waals surface area contributed by atoms with Crippen molar-refractivity contribution in [2.75, 3.05) is 6.61 Å². The van der Waals surface area contributed by atoms with E-state index >= 15 is 0 Å². The maximum absolute atomic E-state index is 12.6. The molecule has 2 aromatic rings. The smallest absolute Gasteiger partial charge is 0.270 e. The Labute approximate surface area is 158 Å². The minimum atomic E-state index is -1.91. The molecule has 0 aliphatic heterocycles. The predicted molar refractivity (Wildman–Crippen MR) is 109 cm³/mol. The Hall–Kier alpha value is -1.98. The zero-order valence-electron chi connectivity index (χ0n) is 16.7. The van der Waals surface area contributed by atoms with Crippen molar-refractivity contribution in [1.29, 1.82) is 0 Å². The van der Waals surface area contributed by atoms with Gasteiger partial charge in [-0.05, 0) is 42.8 Å². The third kappa shape index (κ3) is 5.26. The fourth-order valence-electron chi connectivity index (χ4n) is 2.35. The fraction of sp³-hybridized carbons (Fsp3) is 0.429. The number of carbonyl (C=O) groups is 1. The molecule has 0 aliphatic carbocycles. The SMILES string of the molecule is Cc1cccc(C(CO[Si](C)(C)C(C)(C)C)NC(=O)c2ccccn2)c1. The van der Waals surface area contributed by atoms with Gasteiger partial charge in [0.25, 0.3) is 5.91 Å². The third-order valence-electron chi connectivity index (χ3n) is 5.06. The Morgan fingerprint density at radius 3 is 2.50 bits per heavy atom. The molecule has 1 N–H and O–H groups in total. The Kier molecular flexibility index (Phi) is 6.37. The molecule has 0 aliphatic rings. The van der Waals surface area contributed by atoms with Crippen LogP contribution in [0.25, 0.3) is 0 Å². The van der Waals surface area contributed by atoms with Gasteiger partial charge in [0.15, 0.2) is 8.32 Å². The van der Waals surface area contributed by atoms with E-state index in [1.807, 2.05) is 18.2 Å². The van der Waals surface area contributed by atoms with E-state index in [-0.39, 0.29) is 17.0 Å². The molecule has 1 heterocycles. The van der Waals surface area contributed by atoms with Crippen LogP contribution in [0.15, 0.2) is 48.7 Å². The van der Waals surface area contributed by atoms with Crippen LogP contribution in [0.1, 0.15) is 48.4 Å². The van der Waals surface area contributed by atoms with Crippen LogP contribution in [-0.4, -0.2) is 25.8 Å². The number of pyridine rings is 1. The normalized spacial score (nSPS) is 13.3. The first-order valence-corrected chi connectivity index (χ1v) is 11.9. The van der Waals surface area contributed by atoms with Crippen molar-refractivity contribution >= 4 is 14.2 Å². The van der Waals surface area contributed by atoms with E-state index in [0.717, 1.165) is 11.1 Å². The molecular formula is C21H30N2O2Si. The first-order chi connectivity index (χ1) is 12.1. The topological polar surface area (TPSA) is 51.2 Å². The number of nitrogens with one attached hydrogen (secondary N) is 1. The molecule has 1 aromatic carbocycles. The molecule has 1 amide bonds. The van der Waals surface area contributed by atoms with Crippen LogP contribution in [-0.2, 0) is 4.43 Å². The average Bonchev–Trinajstić information content (AvgIpc) is 2.58. The van der Waals surface area contributed by atoms with Crippen LogP contribution in [0.5, 0.6) is 0 Å². The van der Waals surface area contributed by atoms with Crippen molar-refractivity contribution in [3.8, 4) is 0 Å². The quantitative estimate of drug-likeness (QED) is 0.737. The van der Waals surface area contributed by atoms with Gasteiger partial charge in [0.1, 0.15) is 5.69 Å². The maximum atomic E-state index is 12.6. The van der Waals surface area contributed by atoms with Crippen molar-refractivity contribution in [3.05, 3.63) is 65.5 Å². The minimum absolute atomic E-state index is 0.120. The van der Waals surface area contributed by atoms with Gasteiger partial charge in [-0.25, -0.2) is 0 Å². The first kappa shape index (κ1) is 20.3. The van der Waals surface area contributed by atoms with Gasteiger partial charge in [-0.1, -0.05) is 56.7 Å². The number of hydrogen-bond acceptors (Lipinski definition) is 3. The largest absolute Gasteiger partial charge is 0.414 e. The van der Waals surface area contributed by atoms with Crippen LogP contribution in [0, 0.1) is 6.92 Å². The second-order valence-electron chi connectivity index (χ2n) is 8.23. The van der Waals surface area contributed by atoms with E-state index in [4.69, 9.17) is 4.43 Å². The lowest BCUT2D eigenvalue weighted by molar-refractivity contribution is 0.0913. The van der Waals surface area contributed by atoms with Gasteiger partial charge < -0.3 is 9.74 Å². The summed E-state index contributed by atoms with van der Waals surface area (Å²) in [6.45, 7) is 13.6. The van der Waals surface area contributed by atoms with Crippen molar-refractivity contribution in [3.63, 3.8) is 0 Å². The first-order valence-electron chi connectivity index (χ1n) is 9.02. The molecule has 26 heavy (non-hydrogen) atoms. The second kappa shape index (κ2) is 8.14. The van der Waals surface area contributed by atoms with E-state index in [1.54, 1.807) is 18.3 Å². The highest BCUT2D eigenvalue weighted by molar-refractivity contribution is 6.74. The van der Waals surface area contributed by atoms with Gasteiger partial charge in [-0.2, -0.15) is 0 Å². The summed E-state index contributed by atoms with van der Waals surface area (Å²) >= 11 is 0. The summed E-state index contributed by atoms with van der Waals surface area (Å²) in [4.78, 5) is 16.8. The molecule has 0 saturated heterocycles. The summed E-state index contributed by atoms with van der Waals surface area (Å²) in [5.41, 5.74) is 2.62. The standard InChI is InChI=1S/C21H30N2O2Si/c1-16-10-9-11-17(14-16)19(15-25-26(5,6)21(2,3)4)23-20(24)18-12-7-8-13-22-18/h7-14,19H,15H2,1-6H3,(H,23,24). The number of aryl methyl sites for hydroxylation is 1. The minimum Gasteiger partial charge on any atom is -0.414 e. The Bertz CT molecular complexity index is 739. The van der Waals surface area contributed by atoms with Gasteiger partial charge in [0, 0.05) is 6.20 Å². The van der Waals surface area contributed by atoms with Crippen LogP contribution in [0.4, 0.5) is 0 Å². The lowest BCUT2D eigenvalue weighted by Gasteiger charge is -2.37. The highest BCUT2D eigenvalue weighted by Crippen LogP contribution is 2.37. The monoisotopic (exact) mass is 370 g/mol. The van der Waals surface area contributed by atoms with Crippen molar-refractivity contribution in [2.45, 2.75) is 51.9 Å². The van der Waals surface area contributed by atoms with Crippen LogP contribution in [0.2, 0.25) is 18.1 Å². The number of amides is 1. The van der Waals surface area contributed by atoms with Crippen LogP contribution < -0.4 is 5.32 Å². The molecule has 1 atom stereocenters. The number of benzene rings is 1. The number of hydrogen-bond donors (Lipinski definition) is 1. The fourth-order valence-corrected chi connectivity index (χ4v) is 3.36. The summed E-state index contributed by atoms with van der Waals surface area (Å²) in [6, 6.07) is 13.3. The molecule has 4 nitrogen and oxygen atoms in total. The second-order valence-corrected chi connectivity index (χ2v) is 13.0. The molecule has 2 rings (SSSR count). The summed E-state index contributed by atoms with van der Waals surface area (Å²) in [7, 11) is -1.91. The van der Waals surface area contributed by atoms with Crippen molar-refractivity contribution in [2.24, 2.45) is 0 Å². The van der Waals surface area contributed by atoms with E-state index < -0.39 is 8.32 Å². The molecule has 1 unspecified atom stereocenters. The highest BCUT2D eigenvalue weighted by atomic mass is 28.4. The highest BCUT2D eigenvalue weighted by Gasteiger charge is 2.37. The maximum Gasteiger partial charge on any atom is 0.270 e. The van der Waals surface area contributed by atoms with Gasteiger partial charge in [-0.3, -0.25) is 9.78 Å². The molecule has 0 saturated carbocycles. The van der Waals surface area contributed by atoms with Crippen molar-refractivity contribution < 1.29 is 9.22 Å². The summed E-state index contributed by atoms with van der Waals surface area (Å²) in [6.07, 6.45) is 1.63. The molecule has 0 bridgehead atoms. The van der Waals surface area contributed by atoms with Crippen LogP contribution >= 0.6 is 0 Å². The van der Waals surface area contributed by atoms with E-state index in [0.29, 0.717) is 12.3 Å². The molecule has 0 fully saturated rings. The van der Waals surface area contributed by atoms with Gasteiger partial charge >= 0.3 is 0 Å². The van der Waals surface area contributed by atoms with E-state index in [1.165, 1.54) is 0 Å². The lowest BCUT2D eigenvalue weighted by Crippen LogP contribution is -2.43. The number of aromatic nitrogens is 1. The third-order valence-corrected chi connectivity index (χ3v) is 9.57. The van der Waals surface area contributed by atoms with E-state index in [9.17, 15) is 4.79 Å². The van der Waals surface area contributed by atoms with Gasteiger partial charge in [0.2, 0.25) is 0 Å². The number of rotatable bonds is 6. The van der Waals surface area contributed by atoms with Crippen LogP contribution in [0.3, 0.4) is 0 Å².